The van der Waals surface area contributed by atoms with Crippen LogP contribution in [0.4, 0.5) is 13.6 Å². The minimum absolute atomic E-state index is 0.105. The second-order valence-electron chi connectivity index (χ2n) is 6.05. The highest BCUT2D eigenvalue weighted by molar-refractivity contribution is 8.18. The highest BCUT2D eigenvalue weighted by Crippen LogP contribution is 2.35. The number of methoxy groups -OCH3 is 1. The van der Waals surface area contributed by atoms with Gasteiger partial charge in [-0.25, -0.2) is 0 Å². The van der Waals surface area contributed by atoms with Gasteiger partial charge in [0.15, 0.2) is 11.5 Å². The highest BCUT2D eigenvalue weighted by Gasteiger charge is 2.35. The molecule has 146 valence electrons. The summed E-state index contributed by atoms with van der Waals surface area (Å²) in [5.74, 6) is -0.404. The van der Waals surface area contributed by atoms with Crippen LogP contribution in [0.2, 0.25) is 0 Å². The molecule has 0 aliphatic carbocycles. The average molecular weight is 405 g/mol. The zero-order chi connectivity index (χ0) is 20.3. The fourth-order valence-electron chi connectivity index (χ4n) is 2.75. The third kappa shape index (κ3) is 4.51. The van der Waals surface area contributed by atoms with Crippen LogP contribution in [0.5, 0.6) is 11.5 Å². The third-order valence-corrected chi connectivity index (χ3v) is 4.91. The average Bonchev–Trinajstić information content (AvgIpc) is 2.90. The van der Waals surface area contributed by atoms with Crippen LogP contribution in [-0.4, -0.2) is 29.8 Å². The van der Waals surface area contributed by atoms with Crippen molar-refractivity contribution in [3.05, 3.63) is 64.1 Å². The van der Waals surface area contributed by atoms with Gasteiger partial charge in [-0.2, -0.15) is 8.78 Å². The van der Waals surface area contributed by atoms with Gasteiger partial charge in [0.1, 0.15) is 0 Å². The van der Waals surface area contributed by atoms with E-state index in [0.29, 0.717) is 5.56 Å². The normalized spacial score (nSPS) is 15.6. The van der Waals surface area contributed by atoms with E-state index in [-0.39, 0.29) is 28.2 Å². The van der Waals surface area contributed by atoms with Crippen LogP contribution in [0.15, 0.2) is 47.4 Å². The molecule has 0 N–H and O–H groups in total. The van der Waals surface area contributed by atoms with Gasteiger partial charge in [0.25, 0.3) is 11.1 Å². The molecule has 0 aromatic heterocycles. The Bertz CT molecular complexity index is 946. The molecule has 3 rings (SSSR count). The Morgan fingerprint density at radius 3 is 2.61 bits per heavy atom. The molecule has 0 atom stereocenters. The molecule has 5 nitrogen and oxygen atoms in total. The van der Waals surface area contributed by atoms with Crippen LogP contribution in [0.1, 0.15) is 16.7 Å². The van der Waals surface area contributed by atoms with E-state index in [1.807, 2.05) is 31.2 Å². The number of carbonyl (C=O) groups excluding carboxylic acids is 2. The first kappa shape index (κ1) is 19.9. The molecule has 8 heteroatoms. The molecule has 28 heavy (non-hydrogen) atoms. The Morgan fingerprint density at radius 1 is 1.14 bits per heavy atom. The summed E-state index contributed by atoms with van der Waals surface area (Å²) >= 11 is 0.835. The Hall–Kier alpha value is -2.87. The smallest absolute Gasteiger partial charge is 0.387 e. The lowest BCUT2D eigenvalue weighted by molar-refractivity contribution is -0.123. The number of alkyl halides is 2. The number of benzene rings is 2. The van der Waals surface area contributed by atoms with Crippen molar-refractivity contribution >= 4 is 29.0 Å². The predicted octanol–water partition coefficient (Wildman–Crippen LogP) is 4.84. The Kier molecular flexibility index (Phi) is 5.99. The van der Waals surface area contributed by atoms with E-state index in [2.05, 4.69) is 4.74 Å². The molecule has 1 aliphatic heterocycles. The molecule has 0 saturated carbocycles. The molecule has 0 bridgehead atoms. The first-order valence-corrected chi connectivity index (χ1v) is 9.13. The SMILES string of the molecule is COc1cc(/C=C2\SC(=O)N(Cc3cccc(C)c3)C2=O)ccc1OC(F)F. The lowest BCUT2D eigenvalue weighted by Gasteiger charge is -2.13. The molecule has 1 fully saturated rings. The molecule has 1 aliphatic rings. The van der Waals surface area contributed by atoms with Crippen LogP contribution in [-0.2, 0) is 11.3 Å². The van der Waals surface area contributed by atoms with Gasteiger partial charge in [0.05, 0.1) is 18.6 Å². The van der Waals surface area contributed by atoms with Gasteiger partial charge in [-0.15, -0.1) is 0 Å². The van der Waals surface area contributed by atoms with Gasteiger partial charge >= 0.3 is 6.61 Å². The summed E-state index contributed by atoms with van der Waals surface area (Å²) in [6.45, 7) is -0.849. The molecule has 2 aromatic rings. The monoisotopic (exact) mass is 405 g/mol. The first-order valence-electron chi connectivity index (χ1n) is 8.31. The number of carbonyl (C=O) groups is 2. The second kappa shape index (κ2) is 8.43. The van der Waals surface area contributed by atoms with Gasteiger partial charge in [0.2, 0.25) is 0 Å². The van der Waals surface area contributed by atoms with E-state index >= 15 is 0 Å². The van der Waals surface area contributed by atoms with Crippen molar-refractivity contribution in [2.24, 2.45) is 0 Å². The van der Waals surface area contributed by atoms with Gasteiger partial charge < -0.3 is 9.47 Å². The Morgan fingerprint density at radius 2 is 1.93 bits per heavy atom. The van der Waals surface area contributed by atoms with E-state index in [9.17, 15) is 18.4 Å². The van der Waals surface area contributed by atoms with Crippen molar-refractivity contribution in [3.63, 3.8) is 0 Å². The third-order valence-electron chi connectivity index (χ3n) is 4.00. The lowest BCUT2D eigenvalue weighted by Crippen LogP contribution is -2.27. The number of rotatable bonds is 6. The highest BCUT2D eigenvalue weighted by atomic mass is 32.2. The maximum absolute atomic E-state index is 12.6. The molecular formula is C20H17F2NO4S. The summed E-state index contributed by atoms with van der Waals surface area (Å²) in [5.41, 5.74) is 2.43. The van der Waals surface area contributed by atoms with E-state index in [4.69, 9.17) is 4.74 Å². The van der Waals surface area contributed by atoms with Crippen molar-refractivity contribution in [3.8, 4) is 11.5 Å². The number of halogens is 2. The van der Waals surface area contributed by atoms with Crippen molar-refractivity contribution < 1.29 is 27.8 Å². The maximum Gasteiger partial charge on any atom is 0.387 e. The molecule has 1 saturated heterocycles. The number of thioether (sulfide) groups is 1. The molecule has 0 radical (unpaired) electrons. The van der Waals surface area contributed by atoms with Crippen LogP contribution in [0.3, 0.4) is 0 Å². The molecule has 0 unspecified atom stereocenters. The molecular weight excluding hydrogens is 388 g/mol. The van der Waals surface area contributed by atoms with E-state index < -0.39 is 12.5 Å². The number of aryl methyl sites for hydroxylation is 1. The molecule has 2 amide bonds. The van der Waals surface area contributed by atoms with E-state index in [1.54, 1.807) is 0 Å². The largest absolute Gasteiger partial charge is 0.493 e. The summed E-state index contributed by atoms with van der Waals surface area (Å²) < 4.78 is 34.3. The fourth-order valence-corrected chi connectivity index (χ4v) is 3.59. The van der Waals surface area contributed by atoms with E-state index in [1.165, 1.54) is 36.3 Å². The zero-order valence-corrected chi connectivity index (χ0v) is 16.0. The summed E-state index contributed by atoms with van der Waals surface area (Å²) in [6, 6.07) is 11.9. The maximum atomic E-state index is 12.6. The Balaban J connectivity index is 1.81. The number of amides is 2. The first-order chi connectivity index (χ1) is 13.4. The Labute approximate surface area is 164 Å². The number of nitrogens with zero attached hydrogens (tertiary/aromatic N) is 1. The van der Waals surface area contributed by atoms with Gasteiger partial charge in [-0.3, -0.25) is 14.5 Å². The van der Waals surface area contributed by atoms with Gasteiger partial charge in [-0.05, 0) is 48.0 Å². The summed E-state index contributed by atoms with van der Waals surface area (Å²) in [6.07, 6.45) is 1.52. The van der Waals surface area contributed by atoms with Crippen molar-refractivity contribution in [2.45, 2.75) is 20.1 Å². The van der Waals surface area contributed by atoms with Crippen LogP contribution < -0.4 is 9.47 Å². The summed E-state index contributed by atoms with van der Waals surface area (Å²) in [4.78, 5) is 26.3. The van der Waals surface area contributed by atoms with Gasteiger partial charge in [-0.1, -0.05) is 35.9 Å². The van der Waals surface area contributed by atoms with Crippen LogP contribution in [0.25, 0.3) is 6.08 Å². The van der Waals surface area contributed by atoms with E-state index in [0.717, 1.165) is 22.9 Å². The topological polar surface area (TPSA) is 55.8 Å². The quantitative estimate of drug-likeness (QED) is 0.644. The van der Waals surface area contributed by atoms with Crippen LogP contribution in [0, 0.1) is 6.92 Å². The van der Waals surface area contributed by atoms with Crippen LogP contribution >= 0.6 is 11.8 Å². The van der Waals surface area contributed by atoms with Crippen molar-refractivity contribution in [1.82, 2.24) is 4.90 Å². The minimum Gasteiger partial charge on any atom is -0.493 e. The molecule has 2 aromatic carbocycles. The number of imide groups is 1. The number of hydrogen-bond donors (Lipinski definition) is 0. The minimum atomic E-state index is -2.97. The number of hydrogen-bond acceptors (Lipinski definition) is 5. The molecule has 0 spiro atoms. The summed E-state index contributed by atoms with van der Waals surface area (Å²) in [5, 5.41) is -0.359. The standard InChI is InChI=1S/C20H17F2NO4S/c1-12-4-3-5-14(8-12)11-23-18(24)17(28-20(23)25)10-13-6-7-15(27-19(21)22)16(9-13)26-2/h3-10,19H,11H2,1-2H3/b17-10-. The second-order valence-corrected chi connectivity index (χ2v) is 7.04. The van der Waals surface area contributed by atoms with Crippen molar-refractivity contribution in [1.29, 1.82) is 0 Å². The van der Waals surface area contributed by atoms with Crippen molar-refractivity contribution in [2.75, 3.05) is 7.11 Å². The number of ether oxygens (including phenoxy) is 2. The fraction of sp³-hybridized carbons (Fsp3) is 0.200. The summed E-state index contributed by atoms with van der Waals surface area (Å²) in [7, 11) is 1.33. The lowest BCUT2D eigenvalue weighted by atomic mass is 10.1. The van der Waals surface area contributed by atoms with Gasteiger partial charge in [0, 0.05) is 0 Å². The zero-order valence-electron chi connectivity index (χ0n) is 15.1. The molecule has 1 heterocycles. The predicted molar refractivity (Wildman–Crippen MR) is 102 cm³/mol.